The minimum Gasteiger partial charge on any atom is -0.493 e. The number of carbonyl (C=O) groups is 1. The van der Waals surface area contributed by atoms with Crippen molar-refractivity contribution in [2.45, 2.75) is 45.3 Å². The molecule has 7 heteroatoms. The van der Waals surface area contributed by atoms with E-state index in [-0.39, 0.29) is 23.9 Å². The maximum atomic E-state index is 12.0. The number of carbonyl (C=O) groups excluding carboxylic acids is 1. The molecule has 1 aromatic carbocycles. The first kappa shape index (κ1) is 21.3. The lowest BCUT2D eigenvalue weighted by Gasteiger charge is -2.23. The topological polar surface area (TPSA) is 72.4 Å². The van der Waals surface area contributed by atoms with E-state index < -0.39 is 0 Å². The Labute approximate surface area is 173 Å². The first-order chi connectivity index (χ1) is 14.1. The zero-order valence-corrected chi connectivity index (χ0v) is 17.9. The third kappa shape index (κ3) is 4.95. The zero-order valence-electron chi connectivity index (χ0n) is 17.9. The van der Waals surface area contributed by atoms with Gasteiger partial charge in [-0.2, -0.15) is 0 Å². The van der Waals surface area contributed by atoms with Gasteiger partial charge in [0, 0.05) is 32.2 Å². The number of para-hydroxylation sites is 1. The molecule has 2 unspecified atom stereocenters. The van der Waals surface area contributed by atoms with Crippen LogP contribution < -0.4 is 14.8 Å². The molecule has 160 valence electrons. The van der Waals surface area contributed by atoms with E-state index in [1.165, 1.54) is 20.0 Å². The Morgan fingerprint density at radius 2 is 2.00 bits per heavy atom. The Morgan fingerprint density at radius 1 is 1.24 bits per heavy atom. The Balaban J connectivity index is 1.69. The van der Waals surface area contributed by atoms with E-state index in [0.717, 1.165) is 42.4 Å². The van der Waals surface area contributed by atoms with Crippen LogP contribution >= 0.6 is 0 Å². The minimum absolute atomic E-state index is 0.128. The van der Waals surface area contributed by atoms with Crippen molar-refractivity contribution in [1.82, 2.24) is 10.2 Å². The largest absolute Gasteiger partial charge is 0.493 e. The summed E-state index contributed by atoms with van der Waals surface area (Å²) >= 11 is 0. The molecule has 1 aliphatic heterocycles. The summed E-state index contributed by atoms with van der Waals surface area (Å²) in [5.41, 5.74) is 1.04. The number of nitrogens with one attached hydrogen (secondary N) is 1. The highest BCUT2D eigenvalue weighted by Gasteiger charge is 2.36. The fraction of sp³-hybridized carbons (Fsp3) is 0.636. The van der Waals surface area contributed by atoms with Crippen molar-refractivity contribution in [1.29, 1.82) is 0 Å². The number of methoxy groups -OCH3 is 2. The molecular weight excluding hydrogens is 370 g/mol. The van der Waals surface area contributed by atoms with Crippen LogP contribution in [-0.2, 0) is 16.1 Å². The molecule has 3 rings (SSSR count). The van der Waals surface area contributed by atoms with Gasteiger partial charge in [-0.1, -0.05) is 19.1 Å². The van der Waals surface area contributed by atoms with Crippen molar-refractivity contribution < 1.29 is 19.0 Å². The molecule has 0 bridgehead atoms. The van der Waals surface area contributed by atoms with Gasteiger partial charge in [-0.15, -0.1) is 0 Å². The van der Waals surface area contributed by atoms with Crippen LogP contribution in [0.1, 0.15) is 38.2 Å². The standard InChI is InChI=1S/C22H33N3O4/c1-15-13-25(14-18(15)21(26)28-4)22(23-2)24-12-16-8-7-11-19(27-3)20(16)29-17-9-5-6-10-17/h7-8,11,15,17-18H,5-6,9-10,12-14H2,1-4H3,(H,23,24). The smallest absolute Gasteiger partial charge is 0.310 e. The highest BCUT2D eigenvalue weighted by Crippen LogP contribution is 2.35. The van der Waals surface area contributed by atoms with Gasteiger partial charge in [0.1, 0.15) is 0 Å². The van der Waals surface area contributed by atoms with E-state index in [1.807, 2.05) is 12.1 Å². The second-order valence-electron chi connectivity index (χ2n) is 7.89. The first-order valence-electron chi connectivity index (χ1n) is 10.4. The summed E-state index contributed by atoms with van der Waals surface area (Å²) in [6, 6.07) is 5.97. The van der Waals surface area contributed by atoms with Gasteiger partial charge in [0.2, 0.25) is 0 Å². The summed E-state index contributed by atoms with van der Waals surface area (Å²) in [4.78, 5) is 18.5. The Kier molecular flexibility index (Phi) is 7.23. The summed E-state index contributed by atoms with van der Waals surface area (Å²) in [6.45, 7) is 4.02. The summed E-state index contributed by atoms with van der Waals surface area (Å²) in [6.07, 6.45) is 4.87. The van der Waals surface area contributed by atoms with Crippen LogP contribution in [0.3, 0.4) is 0 Å². The molecular formula is C22H33N3O4. The number of esters is 1. The van der Waals surface area contributed by atoms with Gasteiger partial charge in [-0.3, -0.25) is 9.79 Å². The summed E-state index contributed by atoms with van der Waals surface area (Å²) in [5, 5.41) is 3.43. The van der Waals surface area contributed by atoms with Crippen LogP contribution in [0.15, 0.2) is 23.2 Å². The van der Waals surface area contributed by atoms with Gasteiger partial charge in [-0.25, -0.2) is 0 Å². The van der Waals surface area contributed by atoms with Crippen molar-refractivity contribution in [2.75, 3.05) is 34.4 Å². The summed E-state index contributed by atoms with van der Waals surface area (Å²) in [7, 11) is 4.88. The van der Waals surface area contributed by atoms with Crippen LogP contribution in [0, 0.1) is 11.8 Å². The van der Waals surface area contributed by atoms with Crippen LogP contribution in [0.4, 0.5) is 0 Å². The van der Waals surface area contributed by atoms with Gasteiger partial charge in [-0.05, 0) is 37.7 Å². The van der Waals surface area contributed by atoms with Crippen molar-refractivity contribution in [2.24, 2.45) is 16.8 Å². The zero-order chi connectivity index (χ0) is 20.8. The second kappa shape index (κ2) is 9.85. The number of benzene rings is 1. The molecule has 1 aromatic rings. The van der Waals surface area contributed by atoms with Gasteiger partial charge < -0.3 is 24.4 Å². The molecule has 7 nitrogen and oxygen atoms in total. The van der Waals surface area contributed by atoms with Gasteiger partial charge in [0.15, 0.2) is 17.5 Å². The summed E-state index contributed by atoms with van der Waals surface area (Å²) in [5.74, 6) is 2.28. The molecule has 0 radical (unpaired) electrons. The number of hydrogen-bond donors (Lipinski definition) is 1. The molecule has 2 atom stereocenters. The Hall–Kier alpha value is -2.44. The molecule has 1 saturated carbocycles. The van der Waals surface area contributed by atoms with E-state index >= 15 is 0 Å². The number of likely N-dealkylation sites (tertiary alicyclic amines) is 1. The van der Waals surface area contributed by atoms with Crippen molar-refractivity contribution in [3.8, 4) is 11.5 Å². The highest BCUT2D eigenvalue weighted by atomic mass is 16.5. The van der Waals surface area contributed by atoms with E-state index in [1.54, 1.807) is 14.2 Å². The molecule has 1 saturated heterocycles. The van der Waals surface area contributed by atoms with E-state index in [4.69, 9.17) is 14.2 Å². The molecule has 2 fully saturated rings. The molecule has 29 heavy (non-hydrogen) atoms. The lowest BCUT2D eigenvalue weighted by atomic mass is 9.99. The van der Waals surface area contributed by atoms with Crippen molar-refractivity contribution >= 4 is 11.9 Å². The number of ether oxygens (including phenoxy) is 3. The van der Waals surface area contributed by atoms with Crippen LogP contribution in [0.2, 0.25) is 0 Å². The Bertz CT molecular complexity index is 731. The Morgan fingerprint density at radius 3 is 2.66 bits per heavy atom. The van der Waals surface area contributed by atoms with Gasteiger partial charge >= 0.3 is 5.97 Å². The molecule has 0 amide bonds. The number of hydrogen-bond acceptors (Lipinski definition) is 5. The predicted molar refractivity (Wildman–Crippen MR) is 112 cm³/mol. The van der Waals surface area contributed by atoms with Crippen LogP contribution in [0.25, 0.3) is 0 Å². The first-order valence-corrected chi connectivity index (χ1v) is 10.4. The highest BCUT2D eigenvalue weighted by molar-refractivity contribution is 5.82. The third-order valence-corrected chi connectivity index (χ3v) is 5.93. The lowest BCUT2D eigenvalue weighted by Crippen LogP contribution is -2.40. The van der Waals surface area contributed by atoms with Crippen molar-refractivity contribution in [3.05, 3.63) is 23.8 Å². The van der Waals surface area contributed by atoms with Crippen LogP contribution in [0.5, 0.6) is 11.5 Å². The third-order valence-electron chi connectivity index (χ3n) is 5.93. The molecule has 2 aliphatic rings. The van der Waals surface area contributed by atoms with E-state index in [2.05, 4.69) is 28.2 Å². The second-order valence-corrected chi connectivity index (χ2v) is 7.89. The van der Waals surface area contributed by atoms with E-state index in [0.29, 0.717) is 13.1 Å². The monoisotopic (exact) mass is 403 g/mol. The number of rotatable bonds is 6. The van der Waals surface area contributed by atoms with Gasteiger partial charge in [0.25, 0.3) is 0 Å². The number of nitrogens with zero attached hydrogens (tertiary/aromatic N) is 2. The molecule has 1 N–H and O–H groups in total. The average molecular weight is 404 g/mol. The maximum Gasteiger partial charge on any atom is 0.310 e. The maximum absolute atomic E-state index is 12.0. The average Bonchev–Trinajstić information content (AvgIpc) is 3.38. The number of guanidine groups is 1. The van der Waals surface area contributed by atoms with Crippen LogP contribution in [-0.4, -0.2) is 57.3 Å². The lowest BCUT2D eigenvalue weighted by molar-refractivity contribution is -0.145. The predicted octanol–water partition coefficient (Wildman–Crippen LogP) is 2.83. The normalized spacial score (nSPS) is 22.6. The summed E-state index contributed by atoms with van der Waals surface area (Å²) < 4.78 is 16.8. The van der Waals surface area contributed by atoms with Crippen molar-refractivity contribution in [3.63, 3.8) is 0 Å². The van der Waals surface area contributed by atoms with Gasteiger partial charge in [0.05, 0.1) is 26.2 Å². The fourth-order valence-corrected chi connectivity index (χ4v) is 4.27. The quantitative estimate of drug-likeness (QED) is 0.447. The fourth-order valence-electron chi connectivity index (χ4n) is 4.27. The minimum atomic E-state index is -0.157. The SMILES string of the molecule is CN=C(NCc1cccc(OC)c1OC1CCCC1)N1CC(C)C(C(=O)OC)C1. The number of aliphatic imine (C=N–C) groups is 1. The molecule has 1 aliphatic carbocycles. The molecule has 0 spiro atoms. The molecule has 1 heterocycles. The van der Waals surface area contributed by atoms with E-state index in [9.17, 15) is 4.79 Å². The molecule has 0 aromatic heterocycles.